The number of benzene rings is 2. The summed E-state index contributed by atoms with van der Waals surface area (Å²) in [7, 11) is 0. The molecule has 0 bridgehead atoms. The van der Waals surface area contributed by atoms with Crippen LogP contribution in [0.2, 0.25) is 0 Å². The fourth-order valence-corrected chi connectivity index (χ4v) is 4.84. The molecule has 1 aromatic heterocycles. The van der Waals surface area contributed by atoms with Gasteiger partial charge in [-0.3, -0.25) is 9.69 Å². The Morgan fingerprint density at radius 2 is 1.83 bits per heavy atom. The van der Waals surface area contributed by atoms with E-state index in [0.717, 1.165) is 73.6 Å². The highest BCUT2D eigenvalue weighted by atomic mass is 32.1. The zero-order chi connectivity index (χ0) is 24.3. The predicted molar refractivity (Wildman–Crippen MR) is 142 cm³/mol. The Kier molecular flexibility index (Phi) is 9.69. The van der Waals surface area contributed by atoms with Crippen LogP contribution in [-0.2, 0) is 22.5 Å². The molecule has 0 atom stereocenters. The van der Waals surface area contributed by atoms with Gasteiger partial charge in [0, 0.05) is 36.3 Å². The molecule has 186 valence electrons. The molecule has 1 aliphatic rings. The average Bonchev–Trinajstić information content (AvgIpc) is 3.34. The molecule has 2 aromatic carbocycles. The fraction of sp³-hybridized carbons (Fsp3) is 0.429. The summed E-state index contributed by atoms with van der Waals surface area (Å²) in [6.45, 7) is 7.47. The van der Waals surface area contributed by atoms with Crippen LogP contribution in [0.3, 0.4) is 0 Å². The number of morpholine rings is 1. The molecule has 35 heavy (non-hydrogen) atoms. The summed E-state index contributed by atoms with van der Waals surface area (Å²) in [6.07, 6.45) is 4.99. The molecule has 0 saturated carbocycles. The Labute approximate surface area is 212 Å². The number of aromatic nitrogens is 1. The highest BCUT2D eigenvalue weighted by Gasteiger charge is 2.12. The smallest absolute Gasteiger partial charge is 0.230 e. The van der Waals surface area contributed by atoms with Gasteiger partial charge in [-0.25, -0.2) is 4.98 Å². The molecule has 0 spiro atoms. The summed E-state index contributed by atoms with van der Waals surface area (Å²) in [4.78, 5) is 19.6. The summed E-state index contributed by atoms with van der Waals surface area (Å²) >= 11 is 1.57. The number of unbranched alkanes of at least 4 members (excludes halogenated alkanes) is 3. The SMILES string of the molecule is CCCCCCOc1ccc(NC(=O)Cc2csc(-c3ccc(CN4CCOCC4)cc3)n2)cc1. The van der Waals surface area contributed by atoms with E-state index in [9.17, 15) is 4.79 Å². The number of rotatable bonds is 12. The molecule has 1 saturated heterocycles. The predicted octanol–water partition coefficient (Wildman–Crippen LogP) is 5.78. The normalized spacial score (nSPS) is 14.1. The highest BCUT2D eigenvalue weighted by Crippen LogP contribution is 2.25. The molecule has 1 amide bonds. The number of nitrogens with one attached hydrogen (secondary N) is 1. The van der Waals surface area contributed by atoms with Crippen molar-refractivity contribution in [1.82, 2.24) is 9.88 Å². The van der Waals surface area contributed by atoms with Gasteiger partial charge in [0.2, 0.25) is 5.91 Å². The van der Waals surface area contributed by atoms with Crippen LogP contribution in [0.15, 0.2) is 53.9 Å². The molecule has 1 fully saturated rings. The van der Waals surface area contributed by atoms with E-state index in [1.54, 1.807) is 11.3 Å². The van der Waals surface area contributed by atoms with Gasteiger partial charge in [0.25, 0.3) is 0 Å². The summed E-state index contributed by atoms with van der Waals surface area (Å²) in [5.74, 6) is 0.760. The topological polar surface area (TPSA) is 63.7 Å². The Morgan fingerprint density at radius 1 is 1.06 bits per heavy atom. The first kappa shape index (κ1) is 25.4. The molecule has 1 N–H and O–H groups in total. The van der Waals surface area contributed by atoms with Crippen LogP contribution in [0.25, 0.3) is 10.6 Å². The van der Waals surface area contributed by atoms with Crippen LogP contribution in [0.1, 0.15) is 43.9 Å². The monoisotopic (exact) mass is 493 g/mol. The maximum Gasteiger partial charge on any atom is 0.230 e. The third-order valence-electron chi connectivity index (χ3n) is 6.01. The zero-order valence-electron chi connectivity index (χ0n) is 20.5. The fourth-order valence-electron chi connectivity index (χ4n) is 4.01. The molecule has 1 aliphatic heterocycles. The van der Waals surface area contributed by atoms with Crippen molar-refractivity contribution < 1.29 is 14.3 Å². The van der Waals surface area contributed by atoms with Gasteiger partial charge in [-0.05, 0) is 36.2 Å². The standard InChI is InChI=1S/C28H35N3O3S/c1-2-3-4-5-16-34-26-12-10-24(11-13-26)29-27(32)19-25-21-35-28(30-25)23-8-6-22(7-9-23)20-31-14-17-33-18-15-31/h6-13,21H,2-5,14-20H2,1H3,(H,29,32). The van der Waals surface area contributed by atoms with E-state index >= 15 is 0 Å². The summed E-state index contributed by atoms with van der Waals surface area (Å²) in [5.41, 5.74) is 3.92. The Bertz CT molecular complexity index is 1040. The first-order valence-corrected chi connectivity index (χ1v) is 13.4. The lowest BCUT2D eigenvalue weighted by Crippen LogP contribution is -2.35. The van der Waals surface area contributed by atoms with Crippen molar-refractivity contribution in [2.45, 2.75) is 45.6 Å². The van der Waals surface area contributed by atoms with Gasteiger partial charge in [-0.1, -0.05) is 50.5 Å². The third-order valence-corrected chi connectivity index (χ3v) is 6.95. The lowest BCUT2D eigenvalue weighted by Gasteiger charge is -2.26. The number of anilines is 1. The van der Waals surface area contributed by atoms with Gasteiger partial charge >= 0.3 is 0 Å². The molecule has 4 rings (SSSR count). The molecule has 7 heteroatoms. The number of carbonyl (C=O) groups is 1. The van der Waals surface area contributed by atoms with E-state index in [4.69, 9.17) is 9.47 Å². The number of thiazole rings is 1. The van der Waals surface area contributed by atoms with Crippen LogP contribution in [-0.4, -0.2) is 48.7 Å². The lowest BCUT2D eigenvalue weighted by molar-refractivity contribution is -0.115. The van der Waals surface area contributed by atoms with E-state index in [0.29, 0.717) is 0 Å². The molecule has 0 radical (unpaired) electrons. The summed E-state index contributed by atoms with van der Waals surface area (Å²) in [6, 6.07) is 16.1. The molecule has 0 unspecified atom stereocenters. The van der Waals surface area contributed by atoms with Crippen molar-refractivity contribution in [3.63, 3.8) is 0 Å². The van der Waals surface area contributed by atoms with Crippen LogP contribution in [0.4, 0.5) is 5.69 Å². The third kappa shape index (κ3) is 8.16. The largest absolute Gasteiger partial charge is 0.494 e. The van der Waals surface area contributed by atoms with Crippen molar-refractivity contribution >= 4 is 22.9 Å². The van der Waals surface area contributed by atoms with Gasteiger partial charge < -0.3 is 14.8 Å². The second kappa shape index (κ2) is 13.4. The van der Waals surface area contributed by atoms with Gasteiger partial charge in [-0.15, -0.1) is 11.3 Å². The van der Waals surface area contributed by atoms with E-state index < -0.39 is 0 Å². The number of amides is 1. The first-order valence-electron chi connectivity index (χ1n) is 12.6. The van der Waals surface area contributed by atoms with Crippen LogP contribution in [0.5, 0.6) is 5.75 Å². The Morgan fingerprint density at radius 3 is 2.57 bits per heavy atom. The van der Waals surface area contributed by atoms with Gasteiger partial charge in [0.05, 0.1) is 31.9 Å². The quantitative estimate of drug-likeness (QED) is 0.324. The second-order valence-corrected chi connectivity index (χ2v) is 9.75. The van der Waals surface area contributed by atoms with Crippen molar-refractivity contribution in [2.75, 3.05) is 38.2 Å². The minimum atomic E-state index is -0.0732. The number of hydrogen-bond acceptors (Lipinski definition) is 6. The number of hydrogen-bond donors (Lipinski definition) is 1. The van der Waals surface area contributed by atoms with Crippen LogP contribution in [0, 0.1) is 0 Å². The van der Waals surface area contributed by atoms with Crippen LogP contribution >= 0.6 is 11.3 Å². The zero-order valence-corrected chi connectivity index (χ0v) is 21.3. The van der Waals surface area contributed by atoms with E-state index in [1.165, 1.54) is 24.8 Å². The first-order chi connectivity index (χ1) is 17.2. The van der Waals surface area contributed by atoms with Crippen molar-refractivity contribution in [1.29, 1.82) is 0 Å². The van der Waals surface area contributed by atoms with Gasteiger partial charge in [0.1, 0.15) is 10.8 Å². The minimum absolute atomic E-state index is 0.0732. The maximum atomic E-state index is 12.5. The van der Waals surface area contributed by atoms with E-state index in [2.05, 4.69) is 46.4 Å². The maximum absolute atomic E-state index is 12.5. The number of ether oxygens (including phenoxy) is 2. The molecule has 3 aromatic rings. The van der Waals surface area contributed by atoms with Crippen molar-refractivity contribution in [3.05, 3.63) is 65.2 Å². The summed E-state index contributed by atoms with van der Waals surface area (Å²) in [5, 5.41) is 5.85. The molecular formula is C28H35N3O3S. The highest BCUT2D eigenvalue weighted by molar-refractivity contribution is 7.13. The molecule has 0 aliphatic carbocycles. The Hall–Kier alpha value is -2.74. The summed E-state index contributed by atoms with van der Waals surface area (Å²) < 4.78 is 11.2. The molecule has 2 heterocycles. The van der Waals surface area contributed by atoms with Crippen molar-refractivity contribution in [2.24, 2.45) is 0 Å². The second-order valence-electron chi connectivity index (χ2n) is 8.89. The Balaban J connectivity index is 1.23. The van der Waals surface area contributed by atoms with E-state index in [1.807, 2.05) is 29.6 Å². The molecular weight excluding hydrogens is 458 g/mol. The van der Waals surface area contributed by atoms with Gasteiger partial charge in [0.15, 0.2) is 0 Å². The van der Waals surface area contributed by atoms with Crippen LogP contribution < -0.4 is 10.1 Å². The van der Waals surface area contributed by atoms with Gasteiger partial charge in [-0.2, -0.15) is 0 Å². The van der Waals surface area contributed by atoms with E-state index in [-0.39, 0.29) is 12.3 Å². The minimum Gasteiger partial charge on any atom is -0.494 e. The number of carbonyl (C=O) groups excluding carboxylic acids is 1. The molecule has 6 nitrogen and oxygen atoms in total. The van der Waals surface area contributed by atoms with Crippen molar-refractivity contribution in [3.8, 4) is 16.3 Å². The average molecular weight is 494 g/mol. The number of nitrogens with zero attached hydrogens (tertiary/aromatic N) is 2. The lowest BCUT2D eigenvalue weighted by atomic mass is 10.1.